The Balaban J connectivity index is 1.78. The van der Waals surface area contributed by atoms with Crippen LogP contribution in [-0.2, 0) is 20.8 Å². The summed E-state index contributed by atoms with van der Waals surface area (Å²) < 4.78 is 27.1. The van der Waals surface area contributed by atoms with E-state index in [0.717, 1.165) is 18.2 Å². The molecule has 2 aliphatic heterocycles. The van der Waals surface area contributed by atoms with Gasteiger partial charge in [0.25, 0.3) is 0 Å². The molecule has 1 aromatic rings. The van der Waals surface area contributed by atoms with Gasteiger partial charge in [-0.15, -0.1) is 0 Å². The molecule has 0 aliphatic carbocycles. The lowest BCUT2D eigenvalue weighted by molar-refractivity contribution is -0.131. The Hall–Kier alpha value is -2.59. The minimum absolute atomic E-state index is 0.0193. The first-order chi connectivity index (χ1) is 13.3. The maximum Gasteiger partial charge on any atom is 0.239 e. The van der Waals surface area contributed by atoms with Crippen molar-refractivity contribution in [1.29, 1.82) is 0 Å². The smallest absolute Gasteiger partial charge is 0.239 e. The monoisotopic (exact) mass is 396 g/mol. The Morgan fingerprint density at radius 1 is 1.18 bits per heavy atom. The molecule has 0 radical (unpaired) electrons. The molecule has 0 saturated carbocycles. The van der Waals surface area contributed by atoms with Gasteiger partial charge in [-0.05, 0) is 24.1 Å². The fourth-order valence-electron chi connectivity index (χ4n) is 3.46. The van der Waals surface area contributed by atoms with Gasteiger partial charge in [0, 0.05) is 32.1 Å². The van der Waals surface area contributed by atoms with Crippen molar-refractivity contribution in [2.75, 3.05) is 19.6 Å². The molecule has 4 atom stereocenters. The molecule has 0 spiro atoms. The first kappa shape index (κ1) is 20.2. The molecule has 0 aromatic heterocycles. The molecule has 2 saturated heterocycles. The number of halogens is 2. The van der Waals surface area contributed by atoms with E-state index in [1.165, 1.54) is 0 Å². The van der Waals surface area contributed by atoms with Gasteiger partial charge in [0.15, 0.2) is 0 Å². The second kappa shape index (κ2) is 8.61. The van der Waals surface area contributed by atoms with Crippen molar-refractivity contribution in [2.24, 2.45) is 5.92 Å². The van der Waals surface area contributed by atoms with E-state index in [4.69, 9.17) is 0 Å². The number of aliphatic hydroxyl groups excluding tert-OH is 1. The number of hydrogen-bond donors (Lipinski definition) is 5. The van der Waals surface area contributed by atoms with Crippen LogP contribution in [0.4, 0.5) is 8.78 Å². The largest absolute Gasteiger partial charge is 0.389 e. The van der Waals surface area contributed by atoms with Crippen LogP contribution in [0.3, 0.4) is 0 Å². The molecular formula is C18H22F2N4O4. The quantitative estimate of drug-likeness (QED) is 0.404. The Labute approximate surface area is 160 Å². The highest BCUT2D eigenvalue weighted by molar-refractivity contribution is 5.89. The molecule has 2 heterocycles. The van der Waals surface area contributed by atoms with E-state index in [1.54, 1.807) is 0 Å². The summed E-state index contributed by atoms with van der Waals surface area (Å²) in [7, 11) is 0. The summed E-state index contributed by atoms with van der Waals surface area (Å²) >= 11 is 0. The second-order valence-corrected chi connectivity index (χ2v) is 7.02. The summed E-state index contributed by atoms with van der Waals surface area (Å²) in [5.41, 5.74) is 0.221. The lowest BCUT2D eigenvalue weighted by Gasteiger charge is -2.33. The van der Waals surface area contributed by atoms with Crippen LogP contribution in [0.2, 0.25) is 0 Å². The molecule has 2 aliphatic rings. The third-order valence-electron chi connectivity index (χ3n) is 4.88. The molecule has 0 bridgehead atoms. The van der Waals surface area contributed by atoms with E-state index in [9.17, 15) is 28.3 Å². The molecule has 2 fully saturated rings. The third kappa shape index (κ3) is 4.82. The van der Waals surface area contributed by atoms with E-state index in [0.29, 0.717) is 13.1 Å². The molecule has 8 nitrogen and oxygen atoms in total. The van der Waals surface area contributed by atoms with Gasteiger partial charge in [-0.1, -0.05) is 0 Å². The lowest BCUT2D eigenvalue weighted by Crippen LogP contribution is -2.63. The lowest BCUT2D eigenvalue weighted by atomic mass is 9.94. The predicted molar refractivity (Wildman–Crippen MR) is 93.9 cm³/mol. The van der Waals surface area contributed by atoms with E-state index in [-0.39, 0.29) is 30.9 Å². The van der Waals surface area contributed by atoms with Crippen LogP contribution in [0.25, 0.3) is 0 Å². The number of carbonyl (C=O) groups excluding carboxylic acids is 3. The highest BCUT2D eigenvalue weighted by atomic mass is 19.1. The molecule has 1 aromatic carbocycles. The molecule has 5 N–H and O–H groups in total. The fraction of sp³-hybridized carbons (Fsp3) is 0.500. The number of hydrogen-bond acceptors (Lipinski definition) is 5. The van der Waals surface area contributed by atoms with Crippen molar-refractivity contribution in [1.82, 2.24) is 21.3 Å². The summed E-state index contributed by atoms with van der Waals surface area (Å²) in [6, 6.07) is 0.944. The fourth-order valence-corrected chi connectivity index (χ4v) is 3.46. The topological polar surface area (TPSA) is 120 Å². The summed E-state index contributed by atoms with van der Waals surface area (Å²) in [4.78, 5) is 35.9. The summed E-state index contributed by atoms with van der Waals surface area (Å²) in [6.45, 7) is 1.01. The Kier molecular flexibility index (Phi) is 6.20. The van der Waals surface area contributed by atoms with Crippen LogP contribution in [-0.4, -0.2) is 60.6 Å². The minimum Gasteiger partial charge on any atom is -0.389 e. The zero-order chi connectivity index (χ0) is 20.3. The number of piperazine rings is 1. The van der Waals surface area contributed by atoms with E-state index < -0.39 is 47.6 Å². The number of nitrogens with one attached hydrogen (secondary N) is 4. The summed E-state index contributed by atoms with van der Waals surface area (Å²) in [5, 5.41) is 21.4. The molecule has 28 heavy (non-hydrogen) atoms. The van der Waals surface area contributed by atoms with Gasteiger partial charge in [0.2, 0.25) is 17.7 Å². The highest BCUT2D eigenvalue weighted by Gasteiger charge is 2.37. The van der Waals surface area contributed by atoms with Crippen molar-refractivity contribution < 1.29 is 28.3 Å². The first-order valence-electron chi connectivity index (χ1n) is 9.04. The van der Waals surface area contributed by atoms with E-state index >= 15 is 0 Å². The van der Waals surface area contributed by atoms with Crippen molar-refractivity contribution in [2.45, 2.75) is 31.0 Å². The maximum absolute atomic E-state index is 13.5. The van der Waals surface area contributed by atoms with Crippen molar-refractivity contribution in [3.63, 3.8) is 0 Å². The average Bonchev–Trinajstić information content (AvgIpc) is 3.07. The Morgan fingerprint density at radius 3 is 2.50 bits per heavy atom. The van der Waals surface area contributed by atoms with Gasteiger partial charge < -0.3 is 26.4 Å². The molecule has 1 unspecified atom stereocenters. The summed E-state index contributed by atoms with van der Waals surface area (Å²) in [6.07, 6.45) is -1.42. The van der Waals surface area contributed by atoms with Gasteiger partial charge in [-0.3, -0.25) is 14.4 Å². The summed E-state index contributed by atoms with van der Waals surface area (Å²) in [5.74, 6) is -3.34. The van der Waals surface area contributed by atoms with Crippen molar-refractivity contribution in [3.05, 3.63) is 35.4 Å². The van der Waals surface area contributed by atoms with Gasteiger partial charge in [-0.25, -0.2) is 8.78 Å². The SMILES string of the molecule is O=C1CC(C(=O)N[C@@H](Cc2cc(F)cc(F)c2)[C@H](O)[C@@H]2NCCNC2=O)CN1. The van der Waals surface area contributed by atoms with Crippen molar-refractivity contribution >= 4 is 17.7 Å². The van der Waals surface area contributed by atoms with Gasteiger partial charge >= 0.3 is 0 Å². The first-order valence-corrected chi connectivity index (χ1v) is 9.04. The van der Waals surface area contributed by atoms with Crippen LogP contribution in [0.15, 0.2) is 18.2 Å². The highest BCUT2D eigenvalue weighted by Crippen LogP contribution is 2.16. The number of aliphatic hydroxyl groups is 1. The molecule has 10 heteroatoms. The normalized spacial score (nSPS) is 24.2. The van der Waals surface area contributed by atoms with Crippen LogP contribution in [0.1, 0.15) is 12.0 Å². The van der Waals surface area contributed by atoms with Crippen LogP contribution in [0, 0.1) is 17.6 Å². The van der Waals surface area contributed by atoms with Gasteiger partial charge in [-0.2, -0.15) is 0 Å². The molecular weight excluding hydrogens is 374 g/mol. The van der Waals surface area contributed by atoms with Gasteiger partial charge in [0.1, 0.15) is 17.7 Å². The van der Waals surface area contributed by atoms with E-state index in [1.807, 2.05) is 0 Å². The van der Waals surface area contributed by atoms with Gasteiger partial charge in [0.05, 0.1) is 18.1 Å². The Bertz CT molecular complexity index is 756. The standard InChI is InChI=1S/C18H22F2N4O4/c19-11-3-9(4-12(20)7-11)5-13(16(26)15-18(28)22-2-1-21-15)24-17(27)10-6-14(25)23-8-10/h3-4,7,10,13,15-16,21,26H,1-2,5-6,8H2,(H,22,28)(H,23,25)(H,24,27)/t10?,13-,15-,16-/m0/s1. The predicted octanol–water partition coefficient (Wildman–Crippen LogP) is -1.42. The number of carbonyl (C=O) groups is 3. The maximum atomic E-state index is 13.5. The zero-order valence-electron chi connectivity index (χ0n) is 15.0. The second-order valence-electron chi connectivity index (χ2n) is 7.02. The van der Waals surface area contributed by atoms with Crippen LogP contribution >= 0.6 is 0 Å². The van der Waals surface area contributed by atoms with Crippen LogP contribution in [0.5, 0.6) is 0 Å². The molecule has 3 rings (SSSR count). The zero-order valence-corrected chi connectivity index (χ0v) is 15.0. The third-order valence-corrected chi connectivity index (χ3v) is 4.88. The number of amides is 3. The minimum atomic E-state index is -1.35. The van der Waals surface area contributed by atoms with Crippen molar-refractivity contribution in [3.8, 4) is 0 Å². The van der Waals surface area contributed by atoms with Crippen LogP contribution < -0.4 is 21.3 Å². The van der Waals surface area contributed by atoms with E-state index in [2.05, 4.69) is 21.3 Å². The average molecular weight is 396 g/mol. The number of benzene rings is 1. The molecule has 152 valence electrons. The molecule has 3 amide bonds. The Morgan fingerprint density at radius 2 is 1.89 bits per heavy atom. The number of rotatable bonds is 6.